The fraction of sp³-hybridized carbons (Fsp3) is 0.316. The number of hydrogen-bond acceptors (Lipinski definition) is 4. The number of para-hydroxylation sites is 1. The van der Waals surface area contributed by atoms with E-state index in [1.54, 1.807) is 31.4 Å². The lowest BCUT2D eigenvalue weighted by molar-refractivity contribution is -0.122. The van der Waals surface area contributed by atoms with Crippen molar-refractivity contribution < 1.29 is 17.9 Å². The van der Waals surface area contributed by atoms with E-state index < -0.39 is 22.0 Å². The Morgan fingerprint density at radius 2 is 1.81 bits per heavy atom. The quantitative estimate of drug-likeness (QED) is 0.759. The van der Waals surface area contributed by atoms with Crippen molar-refractivity contribution in [1.29, 1.82) is 0 Å². The zero-order valence-corrected chi connectivity index (χ0v) is 17.2. The Labute approximate surface area is 165 Å². The second-order valence-electron chi connectivity index (χ2n) is 6.19. The number of carbonyl (C=O) groups excluding carboxylic acids is 1. The van der Waals surface area contributed by atoms with Gasteiger partial charge in [0, 0.05) is 10.6 Å². The van der Waals surface area contributed by atoms with Gasteiger partial charge in [0.05, 0.1) is 25.1 Å². The first kappa shape index (κ1) is 21.1. The predicted molar refractivity (Wildman–Crippen MR) is 108 cm³/mol. The van der Waals surface area contributed by atoms with Crippen LogP contribution in [0.1, 0.15) is 25.5 Å². The summed E-state index contributed by atoms with van der Waals surface area (Å²) in [5.41, 5.74) is 1.13. The molecule has 0 aliphatic carbocycles. The number of ether oxygens (including phenoxy) is 1. The average Bonchev–Trinajstić information content (AvgIpc) is 2.60. The fourth-order valence-electron chi connectivity index (χ4n) is 2.86. The van der Waals surface area contributed by atoms with E-state index in [2.05, 4.69) is 5.32 Å². The number of carbonyl (C=O) groups is 1. The molecule has 0 unspecified atom stereocenters. The zero-order valence-electron chi connectivity index (χ0n) is 15.6. The van der Waals surface area contributed by atoms with Crippen LogP contribution in [0, 0.1) is 0 Å². The number of anilines is 1. The zero-order chi connectivity index (χ0) is 20.2. The number of rotatable bonds is 7. The summed E-state index contributed by atoms with van der Waals surface area (Å²) in [4.78, 5) is 12.8. The van der Waals surface area contributed by atoms with Crippen molar-refractivity contribution in [1.82, 2.24) is 5.32 Å². The summed E-state index contributed by atoms with van der Waals surface area (Å²) >= 11 is 5.99. The summed E-state index contributed by atoms with van der Waals surface area (Å²) in [6, 6.07) is 12.4. The molecular formula is C19H23ClN2O4S. The normalized spacial score (nSPS) is 13.5. The van der Waals surface area contributed by atoms with Gasteiger partial charge < -0.3 is 10.1 Å². The van der Waals surface area contributed by atoms with Crippen LogP contribution in [0.2, 0.25) is 5.02 Å². The van der Waals surface area contributed by atoms with Gasteiger partial charge in [-0.05, 0) is 38.1 Å². The van der Waals surface area contributed by atoms with E-state index in [0.717, 1.165) is 16.1 Å². The number of nitrogens with zero attached hydrogens (tertiary/aromatic N) is 1. The van der Waals surface area contributed by atoms with Crippen LogP contribution in [0.15, 0.2) is 48.5 Å². The Morgan fingerprint density at radius 1 is 1.15 bits per heavy atom. The summed E-state index contributed by atoms with van der Waals surface area (Å²) < 4.78 is 31.0. The van der Waals surface area contributed by atoms with Crippen LogP contribution in [0.4, 0.5) is 5.69 Å². The summed E-state index contributed by atoms with van der Waals surface area (Å²) in [6.07, 6.45) is 1.06. The third-order valence-corrected chi connectivity index (χ3v) is 5.59. The van der Waals surface area contributed by atoms with Crippen LogP contribution < -0.4 is 14.4 Å². The molecule has 27 heavy (non-hydrogen) atoms. The van der Waals surface area contributed by atoms with Crippen LogP contribution in [0.25, 0.3) is 0 Å². The molecule has 1 N–H and O–H groups in total. The van der Waals surface area contributed by atoms with Crippen LogP contribution in [0.3, 0.4) is 0 Å². The number of methoxy groups -OCH3 is 1. The van der Waals surface area contributed by atoms with Gasteiger partial charge in [0.2, 0.25) is 15.9 Å². The molecule has 0 heterocycles. The smallest absolute Gasteiger partial charge is 0.244 e. The molecule has 0 radical (unpaired) electrons. The molecule has 0 aliphatic rings. The van der Waals surface area contributed by atoms with E-state index in [4.69, 9.17) is 16.3 Å². The van der Waals surface area contributed by atoms with Crippen molar-refractivity contribution in [2.75, 3.05) is 17.7 Å². The van der Waals surface area contributed by atoms with Crippen LogP contribution in [0.5, 0.6) is 5.75 Å². The Bertz CT molecular complexity index is 917. The Hall–Kier alpha value is -2.25. The first-order valence-electron chi connectivity index (χ1n) is 8.33. The molecule has 6 nitrogen and oxygen atoms in total. The molecule has 0 spiro atoms. The van der Waals surface area contributed by atoms with Crippen molar-refractivity contribution in [3.05, 3.63) is 59.1 Å². The molecule has 0 saturated carbocycles. The van der Waals surface area contributed by atoms with Gasteiger partial charge in [-0.1, -0.05) is 35.9 Å². The predicted octanol–water partition coefficient (Wildman–Crippen LogP) is 3.38. The lowest BCUT2D eigenvalue weighted by Crippen LogP contribution is -2.48. The van der Waals surface area contributed by atoms with Crippen molar-refractivity contribution >= 4 is 33.2 Å². The number of benzene rings is 2. The molecule has 0 bridgehead atoms. The van der Waals surface area contributed by atoms with Crippen LogP contribution in [-0.2, 0) is 14.8 Å². The lowest BCUT2D eigenvalue weighted by Gasteiger charge is -2.29. The minimum Gasteiger partial charge on any atom is -0.496 e. The highest BCUT2D eigenvalue weighted by molar-refractivity contribution is 7.92. The number of sulfonamides is 1. The maximum absolute atomic E-state index is 12.8. The molecule has 2 aromatic rings. The van der Waals surface area contributed by atoms with Crippen LogP contribution >= 0.6 is 11.6 Å². The first-order valence-corrected chi connectivity index (χ1v) is 10.6. The van der Waals surface area contributed by atoms with E-state index in [1.165, 1.54) is 13.0 Å². The van der Waals surface area contributed by atoms with Gasteiger partial charge in [-0.25, -0.2) is 8.42 Å². The van der Waals surface area contributed by atoms with E-state index in [-0.39, 0.29) is 6.04 Å². The largest absolute Gasteiger partial charge is 0.496 e. The molecule has 2 aromatic carbocycles. The van der Waals surface area contributed by atoms with Gasteiger partial charge in [0.15, 0.2) is 0 Å². The minimum atomic E-state index is -3.70. The van der Waals surface area contributed by atoms with Gasteiger partial charge in [-0.2, -0.15) is 0 Å². The molecule has 146 valence electrons. The maximum atomic E-state index is 12.8. The highest BCUT2D eigenvalue weighted by Crippen LogP contribution is 2.26. The summed E-state index contributed by atoms with van der Waals surface area (Å²) in [6.45, 7) is 3.35. The van der Waals surface area contributed by atoms with Gasteiger partial charge in [0.1, 0.15) is 11.8 Å². The Morgan fingerprint density at radius 3 is 2.41 bits per heavy atom. The van der Waals surface area contributed by atoms with Gasteiger partial charge in [-0.15, -0.1) is 0 Å². The number of amides is 1. The first-order chi connectivity index (χ1) is 12.6. The Kier molecular flexibility index (Phi) is 6.73. The van der Waals surface area contributed by atoms with E-state index in [1.807, 2.05) is 25.1 Å². The molecule has 1 amide bonds. The van der Waals surface area contributed by atoms with Gasteiger partial charge in [0.25, 0.3) is 0 Å². The molecule has 0 aromatic heterocycles. The summed E-state index contributed by atoms with van der Waals surface area (Å²) in [7, 11) is -2.15. The molecular weight excluding hydrogens is 388 g/mol. The molecule has 0 aliphatic heterocycles. The van der Waals surface area contributed by atoms with Crippen molar-refractivity contribution in [2.45, 2.75) is 25.9 Å². The van der Waals surface area contributed by atoms with Crippen molar-refractivity contribution in [3.63, 3.8) is 0 Å². The number of hydrogen-bond donors (Lipinski definition) is 1. The van der Waals surface area contributed by atoms with E-state index >= 15 is 0 Å². The SMILES string of the molecule is COc1ccccc1[C@H](C)NC(=O)[C@H](C)N(c1cccc(Cl)c1)S(C)(=O)=O. The second-order valence-corrected chi connectivity index (χ2v) is 8.48. The molecule has 2 atom stereocenters. The number of halogens is 1. The van der Waals surface area contributed by atoms with Gasteiger partial charge >= 0.3 is 0 Å². The number of nitrogens with one attached hydrogen (secondary N) is 1. The third kappa shape index (κ3) is 5.14. The fourth-order valence-corrected chi connectivity index (χ4v) is 4.21. The monoisotopic (exact) mass is 410 g/mol. The van der Waals surface area contributed by atoms with Crippen LogP contribution in [-0.4, -0.2) is 33.7 Å². The van der Waals surface area contributed by atoms with E-state index in [9.17, 15) is 13.2 Å². The summed E-state index contributed by atoms with van der Waals surface area (Å²) in [5, 5.41) is 3.23. The van der Waals surface area contributed by atoms with E-state index in [0.29, 0.717) is 16.5 Å². The second kappa shape index (κ2) is 8.63. The lowest BCUT2D eigenvalue weighted by atomic mass is 10.1. The topological polar surface area (TPSA) is 75.7 Å². The van der Waals surface area contributed by atoms with Crippen molar-refractivity contribution in [2.24, 2.45) is 0 Å². The average molecular weight is 411 g/mol. The molecule has 8 heteroatoms. The molecule has 0 saturated heterocycles. The minimum absolute atomic E-state index is 0.331. The highest BCUT2D eigenvalue weighted by Gasteiger charge is 2.30. The summed E-state index contributed by atoms with van der Waals surface area (Å²) in [5.74, 6) is 0.214. The maximum Gasteiger partial charge on any atom is 0.244 e. The highest BCUT2D eigenvalue weighted by atomic mass is 35.5. The van der Waals surface area contributed by atoms with Crippen molar-refractivity contribution in [3.8, 4) is 5.75 Å². The molecule has 2 rings (SSSR count). The molecule has 0 fully saturated rings. The Balaban J connectivity index is 2.27. The standard InChI is InChI=1S/C19H23ClN2O4S/c1-13(17-10-5-6-11-18(17)26-3)21-19(23)14(2)22(27(4,24)25)16-9-7-8-15(20)12-16/h5-14H,1-4H3,(H,21,23)/t13-,14-/m0/s1. The van der Waals surface area contributed by atoms with Gasteiger partial charge in [-0.3, -0.25) is 9.10 Å². The third-order valence-electron chi connectivity index (χ3n) is 4.12.